The second-order valence-electron chi connectivity index (χ2n) is 6.38. The lowest BCUT2D eigenvalue weighted by Gasteiger charge is -2.21. The van der Waals surface area contributed by atoms with Crippen LogP contribution < -0.4 is 4.74 Å². The predicted molar refractivity (Wildman–Crippen MR) is 105 cm³/mol. The maximum absolute atomic E-state index is 12.7. The predicted octanol–water partition coefficient (Wildman–Crippen LogP) is 2.03. The van der Waals surface area contributed by atoms with Gasteiger partial charge in [-0.2, -0.15) is 4.31 Å². The van der Waals surface area contributed by atoms with Gasteiger partial charge in [-0.1, -0.05) is 23.2 Å². The lowest BCUT2D eigenvalue weighted by atomic mass is 10.3. The van der Waals surface area contributed by atoms with Crippen LogP contribution in [0.5, 0.6) is 5.75 Å². The van der Waals surface area contributed by atoms with E-state index in [4.69, 9.17) is 27.9 Å². The lowest BCUT2D eigenvalue weighted by Crippen LogP contribution is -2.39. The fraction of sp³-hybridized carbons (Fsp3) is 0.412. The second-order valence-corrected chi connectivity index (χ2v) is 9.11. The Bertz CT molecular complexity index is 964. The van der Waals surface area contributed by atoms with Gasteiger partial charge in [-0.15, -0.1) is 0 Å². The van der Waals surface area contributed by atoms with Crippen LogP contribution in [-0.4, -0.2) is 65.9 Å². The van der Waals surface area contributed by atoms with Crippen LogP contribution in [0.2, 0.25) is 10.0 Å². The number of carbonyl (C=O) groups is 1. The molecule has 2 aromatic rings. The number of imidazole rings is 1. The fourth-order valence-corrected chi connectivity index (χ4v) is 4.76. The Morgan fingerprint density at radius 1 is 1.21 bits per heavy atom. The molecule has 28 heavy (non-hydrogen) atoms. The van der Waals surface area contributed by atoms with E-state index in [1.165, 1.54) is 22.9 Å². The third-order valence-corrected chi connectivity index (χ3v) is 6.65. The number of aromatic nitrogens is 2. The van der Waals surface area contributed by atoms with Gasteiger partial charge in [-0.25, -0.2) is 13.4 Å². The van der Waals surface area contributed by atoms with E-state index in [1.807, 2.05) is 0 Å². The SMILES string of the molecule is Cn1cnc(S(=O)(=O)N2CCCN(C(=O)COc3ccc(Cl)cc3Cl)CC2)c1. The molecule has 0 saturated carbocycles. The van der Waals surface area contributed by atoms with Crippen molar-refractivity contribution in [2.75, 3.05) is 32.8 Å². The van der Waals surface area contributed by atoms with E-state index >= 15 is 0 Å². The van der Waals surface area contributed by atoms with Crippen molar-refractivity contribution in [1.82, 2.24) is 18.8 Å². The summed E-state index contributed by atoms with van der Waals surface area (Å²) >= 11 is 11.9. The Labute approximate surface area is 173 Å². The number of carbonyl (C=O) groups excluding carboxylic acids is 1. The molecule has 1 aromatic carbocycles. The van der Waals surface area contributed by atoms with Gasteiger partial charge in [0.2, 0.25) is 0 Å². The van der Waals surface area contributed by atoms with Crippen molar-refractivity contribution in [1.29, 1.82) is 0 Å². The third kappa shape index (κ3) is 4.78. The molecule has 1 saturated heterocycles. The van der Waals surface area contributed by atoms with E-state index < -0.39 is 10.0 Å². The van der Waals surface area contributed by atoms with Crippen molar-refractivity contribution in [3.8, 4) is 5.75 Å². The zero-order chi connectivity index (χ0) is 20.3. The number of hydrogen-bond acceptors (Lipinski definition) is 5. The van der Waals surface area contributed by atoms with Gasteiger partial charge in [-0.05, 0) is 24.6 Å². The number of nitrogens with zero attached hydrogens (tertiary/aromatic N) is 4. The van der Waals surface area contributed by atoms with Gasteiger partial charge in [0.1, 0.15) is 5.75 Å². The normalized spacial score (nSPS) is 16.0. The Morgan fingerprint density at radius 3 is 2.68 bits per heavy atom. The topological polar surface area (TPSA) is 84.7 Å². The molecular weight excluding hydrogens is 427 g/mol. The quantitative estimate of drug-likeness (QED) is 0.701. The molecule has 0 unspecified atom stereocenters. The van der Waals surface area contributed by atoms with Gasteiger partial charge in [0.15, 0.2) is 11.6 Å². The highest BCUT2D eigenvalue weighted by molar-refractivity contribution is 7.89. The largest absolute Gasteiger partial charge is 0.482 e. The number of halogens is 2. The van der Waals surface area contributed by atoms with Crippen LogP contribution in [0.3, 0.4) is 0 Å². The maximum atomic E-state index is 12.7. The summed E-state index contributed by atoms with van der Waals surface area (Å²) in [5, 5.41) is 0.810. The van der Waals surface area contributed by atoms with Crippen LogP contribution in [0, 0.1) is 0 Å². The van der Waals surface area contributed by atoms with Crippen LogP contribution >= 0.6 is 23.2 Å². The van der Waals surface area contributed by atoms with Gasteiger partial charge in [-0.3, -0.25) is 4.79 Å². The Kier molecular flexibility index (Phi) is 6.49. The van der Waals surface area contributed by atoms with E-state index in [2.05, 4.69) is 4.98 Å². The molecule has 152 valence electrons. The van der Waals surface area contributed by atoms with Gasteiger partial charge in [0, 0.05) is 44.4 Å². The monoisotopic (exact) mass is 446 g/mol. The number of benzene rings is 1. The highest BCUT2D eigenvalue weighted by atomic mass is 35.5. The summed E-state index contributed by atoms with van der Waals surface area (Å²) in [5.74, 6) is 0.136. The van der Waals surface area contributed by atoms with Gasteiger partial charge in [0.05, 0.1) is 11.3 Å². The Balaban J connectivity index is 1.59. The molecule has 0 spiro atoms. The summed E-state index contributed by atoms with van der Waals surface area (Å²) in [6, 6.07) is 4.76. The molecule has 8 nitrogen and oxygen atoms in total. The van der Waals surface area contributed by atoms with E-state index in [0.29, 0.717) is 35.3 Å². The zero-order valence-electron chi connectivity index (χ0n) is 15.2. The molecule has 0 radical (unpaired) electrons. The zero-order valence-corrected chi connectivity index (χ0v) is 17.5. The molecule has 1 amide bonds. The van der Waals surface area contributed by atoms with Gasteiger partial charge < -0.3 is 14.2 Å². The standard InChI is InChI=1S/C17H20Cl2N4O4S/c1-21-10-16(20-12-21)28(25,26)23-6-2-5-22(7-8-23)17(24)11-27-15-4-3-13(18)9-14(15)19/h3-4,9-10,12H,2,5-8,11H2,1H3. The van der Waals surface area contributed by atoms with Crippen molar-refractivity contribution < 1.29 is 17.9 Å². The maximum Gasteiger partial charge on any atom is 0.262 e. The molecular formula is C17H20Cl2N4O4S. The van der Waals surface area contributed by atoms with Crippen LogP contribution in [0.1, 0.15) is 6.42 Å². The lowest BCUT2D eigenvalue weighted by molar-refractivity contribution is -0.133. The molecule has 0 atom stereocenters. The summed E-state index contributed by atoms with van der Waals surface area (Å²) in [6.45, 7) is 1.07. The van der Waals surface area contributed by atoms with Crippen molar-refractivity contribution in [3.63, 3.8) is 0 Å². The molecule has 0 N–H and O–H groups in total. The summed E-state index contributed by atoms with van der Waals surface area (Å²) in [6.07, 6.45) is 3.44. The van der Waals surface area contributed by atoms with Crippen LogP contribution in [0.4, 0.5) is 0 Å². The first-order valence-corrected chi connectivity index (χ1v) is 10.8. The minimum Gasteiger partial charge on any atom is -0.482 e. The van der Waals surface area contributed by atoms with Crippen molar-refractivity contribution in [2.45, 2.75) is 11.4 Å². The molecule has 1 aliphatic rings. The Morgan fingerprint density at radius 2 is 2.00 bits per heavy atom. The first-order valence-electron chi connectivity index (χ1n) is 8.61. The number of amides is 1. The first-order chi connectivity index (χ1) is 13.3. The highest BCUT2D eigenvalue weighted by Gasteiger charge is 2.29. The molecule has 1 aliphatic heterocycles. The number of sulfonamides is 1. The molecule has 0 aliphatic carbocycles. The van der Waals surface area contributed by atoms with Crippen LogP contribution in [0.25, 0.3) is 0 Å². The minimum atomic E-state index is -3.68. The highest BCUT2D eigenvalue weighted by Crippen LogP contribution is 2.27. The van der Waals surface area contributed by atoms with Crippen LogP contribution in [-0.2, 0) is 21.9 Å². The average Bonchev–Trinajstić information content (AvgIpc) is 2.93. The summed E-state index contributed by atoms with van der Waals surface area (Å²) < 4.78 is 33.8. The Hall–Kier alpha value is -1.81. The smallest absolute Gasteiger partial charge is 0.262 e. The number of hydrogen-bond donors (Lipinski definition) is 0. The minimum absolute atomic E-state index is 0.00971. The van der Waals surface area contributed by atoms with Crippen molar-refractivity contribution >= 4 is 39.1 Å². The van der Waals surface area contributed by atoms with E-state index in [0.717, 1.165) is 0 Å². The van der Waals surface area contributed by atoms with Crippen molar-refractivity contribution in [2.24, 2.45) is 7.05 Å². The molecule has 1 fully saturated rings. The fourth-order valence-electron chi connectivity index (χ4n) is 2.86. The molecule has 1 aromatic heterocycles. The second kappa shape index (κ2) is 8.69. The van der Waals surface area contributed by atoms with E-state index in [-0.39, 0.29) is 30.6 Å². The van der Waals surface area contributed by atoms with Gasteiger partial charge >= 0.3 is 0 Å². The third-order valence-electron chi connectivity index (χ3n) is 4.34. The number of aryl methyl sites for hydroxylation is 1. The van der Waals surface area contributed by atoms with Gasteiger partial charge in [0.25, 0.3) is 15.9 Å². The van der Waals surface area contributed by atoms with E-state index in [1.54, 1.807) is 28.6 Å². The molecule has 3 rings (SSSR count). The molecule has 11 heteroatoms. The summed E-state index contributed by atoms with van der Waals surface area (Å²) in [4.78, 5) is 18.0. The average molecular weight is 447 g/mol. The summed E-state index contributed by atoms with van der Waals surface area (Å²) in [5.41, 5.74) is 0. The summed E-state index contributed by atoms with van der Waals surface area (Å²) in [7, 11) is -1.97. The van der Waals surface area contributed by atoms with Crippen LogP contribution in [0.15, 0.2) is 35.7 Å². The van der Waals surface area contributed by atoms with E-state index in [9.17, 15) is 13.2 Å². The number of ether oxygens (including phenoxy) is 1. The number of rotatable bonds is 5. The first kappa shape index (κ1) is 20.9. The van der Waals surface area contributed by atoms with Crippen molar-refractivity contribution in [3.05, 3.63) is 40.8 Å². The molecule has 2 heterocycles. The molecule has 0 bridgehead atoms.